The summed E-state index contributed by atoms with van der Waals surface area (Å²) >= 11 is 0. The second-order valence-corrected chi connectivity index (χ2v) is 4.37. The third-order valence-corrected chi connectivity index (χ3v) is 3.18. The summed E-state index contributed by atoms with van der Waals surface area (Å²) in [6, 6.07) is 5.74. The molecule has 0 spiro atoms. The summed E-state index contributed by atoms with van der Waals surface area (Å²) in [5.41, 5.74) is 2.91. The molecule has 1 N–H and O–H groups in total. The number of methoxy groups -OCH3 is 1. The van der Waals surface area contributed by atoms with Crippen molar-refractivity contribution >= 4 is 18.1 Å². The summed E-state index contributed by atoms with van der Waals surface area (Å²) in [6.45, 7) is 1.70. The molecule has 1 aliphatic rings. The van der Waals surface area contributed by atoms with E-state index in [1.54, 1.807) is 14.0 Å². The van der Waals surface area contributed by atoms with Crippen molar-refractivity contribution in [3.05, 3.63) is 46.7 Å². The van der Waals surface area contributed by atoms with Gasteiger partial charge in [-0.05, 0) is 29.7 Å². The van der Waals surface area contributed by atoms with Crippen LogP contribution in [-0.4, -0.2) is 18.2 Å². The van der Waals surface area contributed by atoms with Crippen LogP contribution in [0.5, 0.6) is 0 Å². The smallest absolute Gasteiger partial charge is 0.310 e. The molecule has 18 heavy (non-hydrogen) atoms. The number of benzene rings is 1. The van der Waals surface area contributed by atoms with Gasteiger partial charge in [-0.15, -0.1) is 0 Å². The zero-order valence-corrected chi connectivity index (χ0v) is 10.5. The summed E-state index contributed by atoms with van der Waals surface area (Å²) in [4.78, 5) is 11.0. The van der Waals surface area contributed by atoms with E-state index in [1.165, 1.54) is 0 Å². The molecule has 0 radical (unpaired) electrons. The van der Waals surface area contributed by atoms with E-state index in [0.717, 1.165) is 28.9 Å². The van der Waals surface area contributed by atoms with Gasteiger partial charge in [0.05, 0.1) is 18.8 Å². The Labute approximate surface area is 106 Å². The van der Waals surface area contributed by atoms with E-state index in [2.05, 4.69) is 0 Å². The highest BCUT2D eigenvalue weighted by Crippen LogP contribution is 2.25. The van der Waals surface area contributed by atoms with Crippen LogP contribution in [0.25, 0.3) is 12.2 Å². The third-order valence-electron chi connectivity index (χ3n) is 3.18. The molecule has 2 rings (SSSR count). The molecular weight excluding hydrogens is 228 g/mol. The SMILES string of the molecule is COC1=Cc2ccc(C(C)C(=O)O)cc2C=CC1. The van der Waals surface area contributed by atoms with Gasteiger partial charge in [-0.1, -0.05) is 30.4 Å². The van der Waals surface area contributed by atoms with Gasteiger partial charge in [-0.25, -0.2) is 0 Å². The van der Waals surface area contributed by atoms with Gasteiger partial charge in [-0.2, -0.15) is 0 Å². The number of hydrogen-bond acceptors (Lipinski definition) is 2. The predicted octanol–water partition coefficient (Wildman–Crippen LogP) is 3.28. The quantitative estimate of drug-likeness (QED) is 0.887. The molecule has 0 aromatic heterocycles. The van der Waals surface area contributed by atoms with Crippen LogP contribution < -0.4 is 0 Å². The fourth-order valence-corrected chi connectivity index (χ4v) is 1.96. The third kappa shape index (κ3) is 2.45. The van der Waals surface area contributed by atoms with Crippen molar-refractivity contribution in [3.63, 3.8) is 0 Å². The van der Waals surface area contributed by atoms with E-state index in [1.807, 2.05) is 36.4 Å². The lowest BCUT2D eigenvalue weighted by Crippen LogP contribution is -2.07. The zero-order chi connectivity index (χ0) is 13.1. The summed E-state index contributed by atoms with van der Waals surface area (Å²) in [7, 11) is 1.66. The van der Waals surface area contributed by atoms with Crippen molar-refractivity contribution < 1.29 is 14.6 Å². The van der Waals surface area contributed by atoms with Crippen LogP contribution in [0.4, 0.5) is 0 Å². The molecule has 1 aromatic rings. The number of carbonyl (C=O) groups is 1. The van der Waals surface area contributed by atoms with E-state index >= 15 is 0 Å². The van der Waals surface area contributed by atoms with Crippen molar-refractivity contribution in [2.24, 2.45) is 0 Å². The van der Waals surface area contributed by atoms with Crippen LogP contribution in [0, 0.1) is 0 Å². The molecular formula is C15H16O3. The first-order chi connectivity index (χ1) is 8.61. The molecule has 1 aliphatic carbocycles. The van der Waals surface area contributed by atoms with Gasteiger partial charge in [0.2, 0.25) is 0 Å². The molecule has 0 saturated heterocycles. The van der Waals surface area contributed by atoms with Crippen LogP contribution in [0.1, 0.15) is 36.0 Å². The maximum Gasteiger partial charge on any atom is 0.310 e. The molecule has 94 valence electrons. The van der Waals surface area contributed by atoms with Crippen LogP contribution >= 0.6 is 0 Å². The Morgan fingerprint density at radius 1 is 1.39 bits per heavy atom. The first kappa shape index (κ1) is 12.4. The monoisotopic (exact) mass is 244 g/mol. The predicted molar refractivity (Wildman–Crippen MR) is 71.1 cm³/mol. The molecule has 1 unspecified atom stereocenters. The standard InChI is InChI=1S/C15H16O3/c1-10(15(16)17)11-6-7-13-9-14(18-2)5-3-4-12(13)8-11/h3-4,6-10H,5H2,1-2H3,(H,16,17). The van der Waals surface area contributed by atoms with Gasteiger partial charge in [0, 0.05) is 6.42 Å². The average molecular weight is 244 g/mol. The number of aliphatic carboxylic acids is 1. The summed E-state index contributed by atoms with van der Waals surface area (Å²) in [5, 5.41) is 9.03. The van der Waals surface area contributed by atoms with E-state index in [-0.39, 0.29) is 0 Å². The van der Waals surface area contributed by atoms with Crippen molar-refractivity contribution in [3.8, 4) is 0 Å². The van der Waals surface area contributed by atoms with Crippen LogP contribution in [-0.2, 0) is 9.53 Å². The molecule has 1 aromatic carbocycles. The number of allylic oxidation sites excluding steroid dienone is 1. The Morgan fingerprint density at radius 3 is 2.83 bits per heavy atom. The van der Waals surface area contributed by atoms with Gasteiger partial charge < -0.3 is 9.84 Å². The van der Waals surface area contributed by atoms with E-state index in [0.29, 0.717) is 0 Å². The minimum Gasteiger partial charge on any atom is -0.501 e. The van der Waals surface area contributed by atoms with E-state index in [9.17, 15) is 4.79 Å². The molecule has 0 bridgehead atoms. The lowest BCUT2D eigenvalue weighted by Gasteiger charge is -2.09. The number of ether oxygens (including phenoxy) is 1. The van der Waals surface area contributed by atoms with Crippen LogP contribution in [0.3, 0.4) is 0 Å². The molecule has 0 aliphatic heterocycles. The number of fused-ring (bicyclic) bond motifs is 1. The van der Waals surface area contributed by atoms with Gasteiger partial charge in [-0.3, -0.25) is 4.79 Å². The van der Waals surface area contributed by atoms with Gasteiger partial charge in [0.15, 0.2) is 0 Å². The van der Waals surface area contributed by atoms with Crippen LogP contribution in [0.2, 0.25) is 0 Å². The number of carboxylic acids is 1. The number of carboxylic acid groups (broad SMARTS) is 1. The normalized spacial score (nSPS) is 15.3. The van der Waals surface area contributed by atoms with Crippen molar-refractivity contribution in [2.45, 2.75) is 19.3 Å². The Bertz CT molecular complexity index is 527. The summed E-state index contributed by atoms with van der Waals surface area (Å²) < 4.78 is 5.26. The van der Waals surface area contributed by atoms with Gasteiger partial charge >= 0.3 is 5.97 Å². The molecule has 3 nitrogen and oxygen atoms in total. The maximum atomic E-state index is 11.0. The van der Waals surface area contributed by atoms with Crippen LogP contribution in [0.15, 0.2) is 30.0 Å². The second-order valence-electron chi connectivity index (χ2n) is 4.37. The zero-order valence-electron chi connectivity index (χ0n) is 10.5. The topological polar surface area (TPSA) is 46.5 Å². The Kier molecular flexibility index (Phi) is 3.51. The molecule has 1 atom stereocenters. The minimum atomic E-state index is -0.805. The first-order valence-corrected chi connectivity index (χ1v) is 5.89. The first-order valence-electron chi connectivity index (χ1n) is 5.89. The average Bonchev–Trinajstić information content (AvgIpc) is 2.58. The lowest BCUT2D eigenvalue weighted by atomic mass is 9.96. The van der Waals surface area contributed by atoms with Gasteiger partial charge in [0.1, 0.15) is 0 Å². The maximum absolute atomic E-state index is 11.0. The highest BCUT2D eigenvalue weighted by molar-refractivity contribution is 5.77. The lowest BCUT2D eigenvalue weighted by molar-refractivity contribution is -0.138. The second kappa shape index (κ2) is 5.08. The number of rotatable bonds is 3. The summed E-state index contributed by atoms with van der Waals surface area (Å²) in [5.74, 6) is -0.387. The van der Waals surface area contributed by atoms with E-state index in [4.69, 9.17) is 9.84 Å². The number of hydrogen-bond donors (Lipinski definition) is 1. The Morgan fingerprint density at radius 2 is 2.17 bits per heavy atom. The highest BCUT2D eigenvalue weighted by atomic mass is 16.5. The van der Waals surface area contributed by atoms with Crippen molar-refractivity contribution in [1.82, 2.24) is 0 Å². The molecule has 0 amide bonds. The molecule has 0 saturated carbocycles. The van der Waals surface area contributed by atoms with Crippen molar-refractivity contribution in [2.75, 3.05) is 7.11 Å². The van der Waals surface area contributed by atoms with E-state index < -0.39 is 11.9 Å². The largest absolute Gasteiger partial charge is 0.501 e. The minimum absolute atomic E-state index is 0.488. The molecule has 0 fully saturated rings. The fraction of sp³-hybridized carbons (Fsp3) is 0.267. The Balaban J connectivity index is 2.42. The fourth-order valence-electron chi connectivity index (χ4n) is 1.96. The van der Waals surface area contributed by atoms with Crippen molar-refractivity contribution in [1.29, 1.82) is 0 Å². The molecule has 3 heteroatoms. The summed E-state index contributed by atoms with van der Waals surface area (Å²) in [6.07, 6.45) is 6.78. The highest BCUT2D eigenvalue weighted by Gasteiger charge is 2.15. The Hall–Kier alpha value is -2.03. The molecule has 0 heterocycles. The van der Waals surface area contributed by atoms with Gasteiger partial charge in [0.25, 0.3) is 0 Å².